The normalized spacial score (nSPS) is 22.7. The zero-order chi connectivity index (χ0) is 20.2. The molecule has 5 nitrogen and oxygen atoms in total. The molecule has 0 bridgehead atoms. The van der Waals surface area contributed by atoms with E-state index >= 15 is 0 Å². The third kappa shape index (κ3) is 4.85. The molecule has 4 rings (SSSR count). The van der Waals surface area contributed by atoms with E-state index in [1.165, 1.54) is 32.1 Å². The van der Waals surface area contributed by atoms with E-state index < -0.39 is 0 Å². The van der Waals surface area contributed by atoms with Gasteiger partial charge in [-0.15, -0.1) is 0 Å². The summed E-state index contributed by atoms with van der Waals surface area (Å²) in [7, 11) is 0. The van der Waals surface area contributed by atoms with E-state index in [1.54, 1.807) is 0 Å². The number of nitrogens with zero attached hydrogens (tertiary/aromatic N) is 3. The Morgan fingerprint density at radius 3 is 2.21 bits per heavy atom. The minimum absolute atomic E-state index is 0.0127. The standard InChI is InChI=1S/C23H32BrN3O2/c24-20-10-6-9-19(17-20)22(28)27-15-13-25(14-16-27)21(18-7-2-3-8-18)23(29)26-11-4-1-5-12-26/h6,9-10,17-18,21H,1-5,7-8,11-16H2. The minimum Gasteiger partial charge on any atom is -0.341 e. The molecule has 158 valence electrons. The Morgan fingerprint density at radius 1 is 0.862 bits per heavy atom. The van der Waals surface area contributed by atoms with Crippen LogP contribution in [0.25, 0.3) is 0 Å². The number of piperazine rings is 1. The van der Waals surface area contributed by atoms with Crippen LogP contribution in [0.2, 0.25) is 0 Å². The molecule has 2 aliphatic heterocycles. The van der Waals surface area contributed by atoms with Gasteiger partial charge in [0.05, 0.1) is 6.04 Å². The van der Waals surface area contributed by atoms with Gasteiger partial charge in [-0.1, -0.05) is 34.8 Å². The van der Waals surface area contributed by atoms with Gasteiger partial charge >= 0.3 is 0 Å². The Labute approximate surface area is 182 Å². The highest BCUT2D eigenvalue weighted by Gasteiger charge is 2.39. The fraction of sp³-hybridized carbons (Fsp3) is 0.652. The fourth-order valence-electron chi connectivity index (χ4n) is 5.24. The number of likely N-dealkylation sites (tertiary alicyclic amines) is 1. The Bertz CT molecular complexity index is 721. The van der Waals surface area contributed by atoms with E-state index in [1.807, 2.05) is 29.2 Å². The molecule has 0 radical (unpaired) electrons. The summed E-state index contributed by atoms with van der Waals surface area (Å²) in [5, 5.41) is 0. The topological polar surface area (TPSA) is 43.9 Å². The van der Waals surface area contributed by atoms with Crippen molar-refractivity contribution in [2.75, 3.05) is 39.3 Å². The van der Waals surface area contributed by atoms with Gasteiger partial charge in [0, 0.05) is 49.3 Å². The molecular weight excluding hydrogens is 430 g/mol. The third-order valence-electron chi connectivity index (χ3n) is 6.83. The van der Waals surface area contributed by atoms with Gasteiger partial charge in [-0.25, -0.2) is 0 Å². The lowest BCUT2D eigenvalue weighted by Gasteiger charge is -2.43. The second kappa shape index (κ2) is 9.61. The van der Waals surface area contributed by atoms with Crippen LogP contribution in [0.5, 0.6) is 0 Å². The predicted molar refractivity (Wildman–Crippen MR) is 118 cm³/mol. The Kier molecular flexibility index (Phi) is 6.91. The van der Waals surface area contributed by atoms with Crippen LogP contribution in [0.15, 0.2) is 28.7 Å². The molecule has 1 saturated carbocycles. The number of halogens is 1. The van der Waals surface area contributed by atoms with E-state index in [0.717, 1.165) is 49.1 Å². The van der Waals surface area contributed by atoms with Crippen molar-refractivity contribution >= 4 is 27.7 Å². The maximum Gasteiger partial charge on any atom is 0.253 e. The number of piperidine rings is 1. The monoisotopic (exact) mass is 461 g/mol. The highest BCUT2D eigenvalue weighted by Crippen LogP contribution is 2.32. The van der Waals surface area contributed by atoms with Crippen molar-refractivity contribution < 1.29 is 9.59 Å². The van der Waals surface area contributed by atoms with Crippen LogP contribution in [0.4, 0.5) is 0 Å². The zero-order valence-corrected chi connectivity index (χ0v) is 18.8. The number of rotatable bonds is 4. The average Bonchev–Trinajstić information content (AvgIpc) is 3.29. The van der Waals surface area contributed by atoms with Gasteiger partial charge in [-0.3, -0.25) is 14.5 Å². The molecule has 2 amide bonds. The number of amides is 2. The van der Waals surface area contributed by atoms with Crippen LogP contribution in [0, 0.1) is 5.92 Å². The van der Waals surface area contributed by atoms with Crippen molar-refractivity contribution in [1.29, 1.82) is 0 Å². The van der Waals surface area contributed by atoms with E-state index in [4.69, 9.17) is 0 Å². The fourth-order valence-corrected chi connectivity index (χ4v) is 5.64. The second-order valence-electron chi connectivity index (χ2n) is 8.71. The molecule has 1 atom stereocenters. The first-order valence-corrected chi connectivity index (χ1v) is 12.0. The predicted octanol–water partition coefficient (Wildman–Crippen LogP) is 3.78. The van der Waals surface area contributed by atoms with Crippen LogP contribution >= 0.6 is 15.9 Å². The molecule has 0 spiro atoms. The molecule has 1 unspecified atom stereocenters. The number of hydrogen-bond acceptors (Lipinski definition) is 3. The van der Waals surface area contributed by atoms with Gasteiger partial charge < -0.3 is 9.80 Å². The van der Waals surface area contributed by atoms with Crippen LogP contribution < -0.4 is 0 Å². The van der Waals surface area contributed by atoms with Gasteiger partial charge in [-0.2, -0.15) is 0 Å². The van der Waals surface area contributed by atoms with Gasteiger partial charge in [0.25, 0.3) is 5.91 Å². The third-order valence-corrected chi connectivity index (χ3v) is 7.33. The van der Waals surface area contributed by atoms with Crippen molar-refractivity contribution in [1.82, 2.24) is 14.7 Å². The summed E-state index contributed by atoms with van der Waals surface area (Å²) in [6.07, 6.45) is 8.35. The van der Waals surface area contributed by atoms with Crippen molar-refractivity contribution in [3.05, 3.63) is 34.3 Å². The highest BCUT2D eigenvalue weighted by molar-refractivity contribution is 9.10. The lowest BCUT2D eigenvalue weighted by atomic mass is 9.93. The van der Waals surface area contributed by atoms with Crippen molar-refractivity contribution in [3.63, 3.8) is 0 Å². The molecule has 3 aliphatic rings. The summed E-state index contributed by atoms with van der Waals surface area (Å²) in [6, 6.07) is 7.61. The SMILES string of the molecule is O=C(c1cccc(Br)c1)N1CCN(C(C(=O)N2CCCCC2)C2CCCC2)CC1. The maximum atomic E-state index is 13.5. The first-order chi connectivity index (χ1) is 14.1. The molecule has 29 heavy (non-hydrogen) atoms. The molecule has 1 aromatic rings. The number of benzene rings is 1. The largest absolute Gasteiger partial charge is 0.341 e. The average molecular weight is 462 g/mol. The van der Waals surface area contributed by atoms with Gasteiger partial charge in [0.2, 0.25) is 5.91 Å². The van der Waals surface area contributed by atoms with Gasteiger partial charge in [0.1, 0.15) is 0 Å². The second-order valence-corrected chi connectivity index (χ2v) is 9.63. The lowest BCUT2D eigenvalue weighted by Crippen LogP contribution is -2.59. The summed E-state index contributed by atoms with van der Waals surface area (Å²) in [5.74, 6) is 0.922. The molecule has 1 aromatic carbocycles. The maximum absolute atomic E-state index is 13.5. The van der Waals surface area contributed by atoms with Crippen LogP contribution in [-0.4, -0.2) is 71.8 Å². The van der Waals surface area contributed by atoms with E-state index in [9.17, 15) is 9.59 Å². The Hall–Kier alpha value is -1.40. The summed E-state index contributed by atoms with van der Waals surface area (Å²) in [4.78, 5) is 32.8. The molecule has 1 aliphatic carbocycles. The molecule has 6 heteroatoms. The van der Waals surface area contributed by atoms with Crippen molar-refractivity contribution in [2.24, 2.45) is 5.92 Å². The van der Waals surface area contributed by atoms with Crippen LogP contribution in [0.3, 0.4) is 0 Å². The van der Waals surface area contributed by atoms with E-state index in [2.05, 4.69) is 25.7 Å². The summed E-state index contributed by atoms with van der Waals surface area (Å²) in [6.45, 7) is 4.82. The van der Waals surface area contributed by atoms with E-state index in [0.29, 0.717) is 24.9 Å². The smallest absolute Gasteiger partial charge is 0.253 e. The Morgan fingerprint density at radius 2 is 1.55 bits per heavy atom. The van der Waals surface area contributed by atoms with E-state index in [-0.39, 0.29) is 11.9 Å². The number of carbonyl (C=O) groups excluding carboxylic acids is 2. The minimum atomic E-state index is 0.0127. The van der Waals surface area contributed by atoms with Crippen LogP contribution in [-0.2, 0) is 4.79 Å². The van der Waals surface area contributed by atoms with Gasteiger partial charge in [0.15, 0.2) is 0 Å². The molecule has 2 saturated heterocycles. The molecule has 2 heterocycles. The highest BCUT2D eigenvalue weighted by atomic mass is 79.9. The summed E-state index contributed by atoms with van der Waals surface area (Å²) < 4.78 is 0.926. The molecule has 0 N–H and O–H groups in total. The Balaban J connectivity index is 1.42. The van der Waals surface area contributed by atoms with Crippen molar-refractivity contribution in [2.45, 2.75) is 51.0 Å². The molecule has 0 aromatic heterocycles. The van der Waals surface area contributed by atoms with Crippen molar-refractivity contribution in [3.8, 4) is 0 Å². The zero-order valence-electron chi connectivity index (χ0n) is 17.2. The quantitative estimate of drug-likeness (QED) is 0.684. The first-order valence-electron chi connectivity index (χ1n) is 11.2. The van der Waals surface area contributed by atoms with Crippen LogP contribution in [0.1, 0.15) is 55.3 Å². The number of hydrogen-bond donors (Lipinski definition) is 0. The number of carbonyl (C=O) groups is 2. The van der Waals surface area contributed by atoms with Gasteiger partial charge in [-0.05, 0) is 56.2 Å². The summed E-state index contributed by atoms with van der Waals surface area (Å²) >= 11 is 3.45. The molecular formula is C23H32BrN3O2. The summed E-state index contributed by atoms with van der Waals surface area (Å²) in [5.41, 5.74) is 0.726. The molecule has 3 fully saturated rings. The lowest BCUT2D eigenvalue weighted by molar-refractivity contribution is -0.140. The first kappa shape index (κ1) is 20.9.